The van der Waals surface area contributed by atoms with Crippen molar-refractivity contribution in [2.45, 2.75) is 58.0 Å². The Balaban J connectivity index is 1.45. The molecule has 2 saturated heterocycles. The van der Waals surface area contributed by atoms with E-state index in [4.69, 9.17) is 0 Å². The van der Waals surface area contributed by atoms with Crippen molar-refractivity contribution < 1.29 is 9.59 Å². The summed E-state index contributed by atoms with van der Waals surface area (Å²) in [5.41, 5.74) is 2.28. The van der Waals surface area contributed by atoms with Crippen LogP contribution in [0.3, 0.4) is 0 Å². The molecule has 0 aromatic heterocycles. The molecule has 26 heavy (non-hydrogen) atoms. The first kappa shape index (κ1) is 18.9. The van der Waals surface area contributed by atoms with Gasteiger partial charge in [0.1, 0.15) is 6.04 Å². The lowest BCUT2D eigenvalue weighted by molar-refractivity contribution is -0.135. The molecule has 0 unspecified atom stereocenters. The van der Waals surface area contributed by atoms with Crippen LogP contribution >= 0.6 is 0 Å². The van der Waals surface area contributed by atoms with Crippen molar-refractivity contribution in [2.24, 2.45) is 0 Å². The molecule has 5 heteroatoms. The zero-order valence-corrected chi connectivity index (χ0v) is 15.9. The van der Waals surface area contributed by atoms with Crippen LogP contribution in [0.2, 0.25) is 0 Å². The van der Waals surface area contributed by atoms with Gasteiger partial charge in [0.15, 0.2) is 0 Å². The van der Waals surface area contributed by atoms with Gasteiger partial charge in [-0.15, -0.1) is 0 Å². The third-order valence-corrected chi connectivity index (χ3v) is 5.50. The highest BCUT2D eigenvalue weighted by atomic mass is 16.2. The van der Waals surface area contributed by atoms with Crippen LogP contribution in [0.5, 0.6) is 0 Å². The molecule has 0 aliphatic carbocycles. The molecule has 5 nitrogen and oxygen atoms in total. The number of nitrogens with one attached hydrogen (secondary N) is 1. The summed E-state index contributed by atoms with van der Waals surface area (Å²) in [6, 6.07) is 7.85. The van der Waals surface area contributed by atoms with Gasteiger partial charge in [-0.3, -0.25) is 9.59 Å². The summed E-state index contributed by atoms with van der Waals surface area (Å²) < 4.78 is 0. The maximum absolute atomic E-state index is 12.6. The van der Waals surface area contributed by atoms with Crippen molar-refractivity contribution in [3.63, 3.8) is 0 Å². The van der Waals surface area contributed by atoms with Gasteiger partial charge in [-0.25, -0.2) is 0 Å². The summed E-state index contributed by atoms with van der Waals surface area (Å²) in [4.78, 5) is 29.0. The first-order chi connectivity index (χ1) is 12.6. The highest BCUT2D eigenvalue weighted by molar-refractivity contribution is 5.90. The van der Waals surface area contributed by atoms with Crippen molar-refractivity contribution in [1.29, 1.82) is 0 Å². The van der Waals surface area contributed by atoms with Crippen LogP contribution in [0.4, 0.5) is 0 Å². The fourth-order valence-electron chi connectivity index (χ4n) is 3.91. The molecule has 0 spiro atoms. The zero-order chi connectivity index (χ0) is 18.4. The van der Waals surface area contributed by atoms with Crippen molar-refractivity contribution in [3.05, 3.63) is 35.4 Å². The standard InChI is InChI=1S/C21H31N3O2/c1-17-6-8-18(9-7-17)16-24-19(10-11-20(24)25)21(26)22-12-5-15-23-13-3-2-4-14-23/h6-9,19H,2-5,10-16H2,1H3,(H,22,26)/t19-/m0/s1. The Morgan fingerprint density at radius 2 is 1.88 bits per heavy atom. The van der Waals surface area contributed by atoms with E-state index in [2.05, 4.69) is 10.2 Å². The number of benzene rings is 1. The van der Waals surface area contributed by atoms with E-state index in [1.165, 1.54) is 37.9 Å². The number of aryl methyl sites for hydroxylation is 1. The van der Waals surface area contributed by atoms with Crippen molar-refractivity contribution in [3.8, 4) is 0 Å². The van der Waals surface area contributed by atoms with Crippen molar-refractivity contribution in [2.75, 3.05) is 26.2 Å². The molecule has 0 saturated carbocycles. The predicted molar refractivity (Wildman–Crippen MR) is 103 cm³/mol. The zero-order valence-electron chi connectivity index (χ0n) is 15.9. The fourth-order valence-corrected chi connectivity index (χ4v) is 3.91. The second-order valence-electron chi connectivity index (χ2n) is 7.61. The summed E-state index contributed by atoms with van der Waals surface area (Å²) in [7, 11) is 0. The Hall–Kier alpha value is -1.88. The first-order valence-electron chi connectivity index (χ1n) is 9.98. The smallest absolute Gasteiger partial charge is 0.242 e. The molecule has 3 rings (SSSR count). The van der Waals surface area contributed by atoms with E-state index in [0.29, 0.717) is 25.9 Å². The first-order valence-corrected chi connectivity index (χ1v) is 9.98. The molecule has 0 bridgehead atoms. The van der Waals surface area contributed by atoms with Gasteiger partial charge in [-0.2, -0.15) is 0 Å². The molecular weight excluding hydrogens is 326 g/mol. The summed E-state index contributed by atoms with van der Waals surface area (Å²) in [6.07, 6.45) is 6.01. The Morgan fingerprint density at radius 3 is 2.62 bits per heavy atom. The number of carbonyl (C=O) groups excluding carboxylic acids is 2. The number of likely N-dealkylation sites (tertiary alicyclic amines) is 2. The molecule has 1 aromatic rings. The summed E-state index contributed by atoms with van der Waals surface area (Å²) >= 11 is 0. The van der Waals surface area contributed by atoms with E-state index in [-0.39, 0.29) is 17.9 Å². The lowest BCUT2D eigenvalue weighted by Gasteiger charge is -2.27. The van der Waals surface area contributed by atoms with Crippen LogP contribution in [0.15, 0.2) is 24.3 Å². The Kier molecular flexibility index (Phi) is 6.67. The van der Waals surface area contributed by atoms with E-state index in [1.54, 1.807) is 4.90 Å². The van der Waals surface area contributed by atoms with Crippen LogP contribution in [0.25, 0.3) is 0 Å². The van der Waals surface area contributed by atoms with E-state index < -0.39 is 0 Å². The number of rotatable bonds is 7. The van der Waals surface area contributed by atoms with E-state index in [9.17, 15) is 9.59 Å². The van der Waals surface area contributed by atoms with Gasteiger partial charge in [0.05, 0.1) is 0 Å². The Labute approximate surface area is 156 Å². The van der Waals surface area contributed by atoms with Gasteiger partial charge in [0.25, 0.3) is 0 Å². The van der Waals surface area contributed by atoms with Crippen molar-refractivity contribution in [1.82, 2.24) is 15.1 Å². The van der Waals surface area contributed by atoms with Crippen LogP contribution < -0.4 is 5.32 Å². The second kappa shape index (κ2) is 9.17. The van der Waals surface area contributed by atoms with E-state index in [0.717, 1.165) is 18.5 Å². The molecule has 1 N–H and O–H groups in total. The normalized spacial score (nSPS) is 21.2. The fraction of sp³-hybridized carbons (Fsp3) is 0.619. The number of nitrogens with zero attached hydrogens (tertiary/aromatic N) is 2. The maximum Gasteiger partial charge on any atom is 0.242 e. The number of hydrogen-bond acceptors (Lipinski definition) is 3. The minimum atomic E-state index is -0.321. The second-order valence-corrected chi connectivity index (χ2v) is 7.61. The number of hydrogen-bond donors (Lipinski definition) is 1. The Bertz CT molecular complexity index is 608. The predicted octanol–water partition coefficient (Wildman–Crippen LogP) is 2.48. The molecule has 1 aromatic carbocycles. The summed E-state index contributed by atoms with van der Waals surface area (Å²) in [5, 5.41) is 3.05. The van der Waals surface area contributed by atoms with Gasteiger partial charge < -0.3 is 15.1 Å². The summed E-state index contributed by atoms with van der Waals surface area (Å²) in [6.45, 7) is 6.69. The highest BCUT2D eigenvalue weighted by Crippen LogP contribution is 2.22. The topological polar surface area (TPSA) is 52.7 Å². The number of piperidine rings is 1. The molecule has 2 aliphatic heterocycles. The molecule has 2 heterocycles. The van der Waals surface area contributed by atoms with Crippen LogP contribution in [0, 0.1) is 6.92 Å². The average Bonchev–Trinajstić information content (AvgIpc) is 3.02. The molecule has 2 aliphatic rings. The van der Waals surface area contributed by atoms with Crippen LogP contribution in [-0.2, 0) is 16.1 Å². The number of amides is 2. The van der Waals surface area contributed by atoms with Crippen molar-refractivity contribution >= 4 is 11.8 Å². The molecular formula is C21H31N3O2. The van der Waals surface area contributed by atoms with Crippen LogP contribution in [-0.4, -0.2) is 53.8 Å². The lowest BCUT2D eigenvalue weighted by atomic mass is 10.1. The molecule has 142 valence electrons. The van der Waals surface area contributed by atoms with Gasteiger partial charge in [-0.1, -0.05) is 36.2 Å². The molecule has 2 fully saturated rings. The quantitative estimate of drug-likeness (QED) is 0.763. The largest absolute Gasteiger partial charge is 0.354 e. The van der Waals surface area contributed by atoms with E-state index in [1.807, 2.05) is 31.2 Å². The maximum atomic E-state index is 12.6. The molecule has 1 atom stereocenters. The minimum absolute atomic E-state index is 0.00149. The van der Waals surface area contributed by atoms with Crippen LogP contribution in [0.1, 0.15) is 49.7 Å². The molecule has 0 radical (unpaired) electrons. The Morgan fingerprint density at radius 1 is 1.15 bits per heavy atom. The monoisotopic (exact) mass is 357 g/mol. The number of carbonyl (C=O) groups is 2. The minimum Gasteiger partial charge on any atom is -0.354 e. The van der Waals surface area contributed by atoms with Gasteiger partial charge in [0, 0.05) is 19.5 Å². The summed E-state index contributed by atoms with van der Waals surface area (Å²) in [5.74, 6) is 0.0839. The average molecular weight is 357 g/mol. The third-order valence-electron chi connectivity index (χ3n) is 5.50. The van der Waals surface area contributed by atoms with E-state index >= 15 is 0 Å². The lowest BCUT2D eigenvalue weighted by Crippen LogP contribution is -2.45. The molecule has 2 amide bonds. The van der Waals surface area contributed by atoms with Gasteiger partial charge in [-0.05, 0) is 57.8 Å². The van der Waals surface area contributed by atoms with Gasteiger partial charge >= 0.3 is 0 Å². The third kappa shape index (κ3) is 5.07. The highest BCUT2D eigenvalue weighted by Gasteiger charge is 2.35. The van der Waals surface area contributed by atoms with Gasteiger partial charge in [0.2, 0.25) is 11.8 Å². The SMILES string of the molecule is Cc1ccc(CN2C(=O)CC[C@H]2C(=O)NCCCN2CCCCC2)cc1.